The monoisotopic (exact) mass is 254 g/mol. The molecule has 0 aliphatic heterocycles. The van der Waals surface area contributed by atoms with Gasteiger partial charge in [-0.2, -0.15) is 0 Å². The van der Waals surface area contributed by atoms with Crippen molar-refractivity contribution in [3.05, 3.63) is 36.0 Å². The highest BCUT2D eigenvalue weighted by Crippen LogP contribution is 2.25. The number of terminal acetylenes is 1. The highest BCUT2D eigenvalue weighted by Gasteiger charge is 2.14. The SMILES string of the molecule is C#CCN(CC)c1nc(C(=O)O)cc2ccccc12. The predicted octanol–water partition coefficient (Wildman–Crippen LogP) is 2.39. The highest BCUT2D eigenvalue weighted by molar-refractivity contribution is 5.98. The molecular weight excluding hydrogens is 240 g/mol. The lowest BCUT2D eigenvalue weighted by molar-refractivity contribution is 0.0691. The van der Waals surface area contributed by atoms with Crippen LogP contribution in [0.3, 0.4) is 0 Å². The van der Waals surface area contributed by atoms with E-state index in [0.717, 1.165) is 10.8 Å². The predicted molar refractivity (Wildman–Crippen MR) is 75.4 cm³/mol. The molecule has 0 unspecified atom stereocenters. The fourth-order valence-electron chi connectivity index (χ4n) is 1.98. The van der Waals surface area contributed by atoms with Gasteiger partial charge in [0.1, 0.15) is 5.82 Å². The van der Waals surface area contributed by atoms with Crippen LogP contribution in [0.25, 0.3) is 10.8 Å². The Kier molecular flexibility index (Phi) is 3.67. The van der Waals surface area contributed by atoms with Gasteiger partial charge in [-0.3, -0.25) is 0 Å². The number of pyridine rings is 1. The van der Waals surface area contributed by atoms with Crippen molar-refractivity contribution in [1.29, 1.82) is 0 Å². The zero-order chi connectivity index (χ0) is 13.8. The normalized spacial score (nSPS) is 10.1. The summed E-state index contributed by atoms with van der Waals surface area (Å²) in [5, 5.41) is 10.9. The van der Waals surface area contributed by atoms with Crippen molar-refractivity contribution >= 4 is 22.6 Å². The summed E-state index contributed by atoms with van der Waals surface area (Å²) in [5.74, 6) is 2.15. The zero-order valence-corrected chi connectivity index (χ0v) is 10.6. The van der Waals surface area contributed by atoms with Crippen LogP contribution in [0.1, 0.15) is 17.4 Å². The molecule has 4 heteroatoms. The summed E-state index contributed by atoms with van der Waals surface area (Å²) in [4.78, 5) is 17.2. The van der Waals surface area contributed by atoms with E-state index in [1.54, 1.807) is 6.07 Å². The molecule has 1 N–H and O–H groups in total. The summed E-state index contributed by atoms with van der Waals surface area (Å²) in [7, 11) is 0. The number of carbonyl (C=O) groups is 1. The van der Waals surface area contributed by atoms with Gasteiger partial charge in [-0.25, -0.2) is 9.78 Å². The Hall–Kier alpha value is -2.54. The summed E-state index contributed by atoms with van der Waals surface area (Å²) in [6.45, 7) is 3.03. The number of aromatic carboxylic acids is 1. The third-order valence-corrected chi connectivity index (χ3v) is 2.90. The van der Waals surface area contributed by atoms with Crippen LogP contribution in [0.4, 0.5) is 5.82 Å². The fourth-order valence-corrected chi connectivity index (χ4v) is 1.98. The maximum absolute atomic E-state index is 11.1. The Labute approximate surface area is 111 Å². The number of carboxylic acid groups (broad SMARTS) is 1. The molecule has 19 heavy (non-hydrogen) atoms. The van der Waals surface area contributed by atoms with E-state index in [2.05, 4.69) is 10.9 Å². The number of fused-ring (bicyclic) bond motifs is 1. The van der Waals surface area contributed by atoms with Crippen molar-refractivity contribution in [2.75, 3.05) is 18.0 Å². The van der Waals surface area contributed by atoms with Crippen LogP contribution in [0.2, 0.25) is 0 Å². The summed E-state index contributed by atoms with van der Waals surface area (Å²) in [6, 6.07) is 9.14. The molecule has 0 aliphatic rings. The summed E-state index contributed by atoms with van der Waals surface area (Å²) in [6.07, 6.45) is 5.35. The van der Waals surface area contributed by atoms with Gasteiger partial charge in [-0.1, -0.05) is 30.2 Å². The van der Waals surface area contributed by atoms with E-state index >= 15 is 0 Å². The first-order valence-corrected chi connectivity index (χ1v) is 5.99. The molecule has 0 fully saturated rings. The number of benzene rings is 1. The minimum atomic E-state index is -1.04. The third-order valence-electron chi connectivity index (χ3n) is 2.90. The second-order valence-electron chi connectivity index (χ2n) is 4.08. The Bertz CT molecular complexity index is 659. The molecule has 96 valence electrons. The maximum Gasteiger partial charge on any atom is 0.354 e. The van der Waals surface area contributed by atoms with Gasteiger partial charge in [0, 0.05) is 11.9 Å². The largest absolute Gasteiger partial charge is 0.477 e. The van der Waals surface area contributed by atoms with Crippen LogP contribution in [-0.4, -0.2) is 29.1 Å². The lowest BCUT2D eigenvalue weighted by Crippen LogP contribution is -2.25. The second-order valence-corrected chi connectivity index (χ2v) is 4.08. The van der Waals surface area contributed by atoms with Crippen LogP contribution in [0.15, 0.2) is 30.3 Å². The van der Waals surface area contributed by atoms with Crippen LogP contribution >= 0.6 is 0 Å². The topological polar surface area (TPSA) is 53.4 Å². The Morgan fingerprint density at radius 3 is 2.84 bits per heavy atom. The number of anilines is 1. The van der Waals surface area contributed by atoms with Gasteiger partial charge in [0.25, 0.3) is 0 Å². The molecule has 0 atom stereocenters. The van der Waals surface area contributed by atoms with Crippen LogP contribution in [0.5, 0.6) is 0 Å². The molecule has 0 aliphatic carbocycles. The fraction of sp³-hybridized carbons (Fsp3) is 0.200. The standard InChI is InChI=1S/C15H14N2O2/c1-3-9-17(4-2)14-12-8-6-5-7-11(12)10-13(16-14)15(18)19/h1,5-8,10H,4,9H2,2H3,(H,18,19). The van der Waals surface area contributed by atoms with Crippen LogP contribution < -0.4 is 4.90 Å². The Morgan fingerprint density at radius 2 is 2.21 bits per heavy atom. The molecule has 2 aromatic rings. The molecule has 4 nitrogen and oxygen atoms in total. The van der Waals surface area contributed by atoms with Crippen molar-refractivity contribution < 1.29 is 9.90 Å². The smallest absolute Gasteiger partial charge is 0.354 e. The van der Waals surface area contributed by atoms with Gasteiger partial charge in [-0.15, -0.1) is 6.42 Å². The molecule has 1 heterocycles. The minimum absolute atomic E-state index is 0.0316. The second kappa shape index (κ2) is 5.40. The van der Waals surface area contributed by atoms with Gasteiger partial charge in [-0.05, 0) is 18.4 Å². The van der Waals surface area contributed by atoms with E-state index in [-0.39, 0.29) is 5.69 Å². The Balaban J connectivity index is 2.69. The van der Waals surface area contributed by atoms with Gasteiger partial charge >= 0.3 is 5.97 Å². The average molecular weight is 254 g/mol. The lowest BCUT2D eigenvalue weighted by atomic mass is 10.1. The zero-order valence-electron chi connectivity index (χ0n) is 10.6. The minimum Gasteiger partial charge on any atom is -0.477 e. The lowest BCUT2D eigenvalue weighted by Gasteiger charge is -2.21. The van der Waals surface area contributed by atoms with Crippen molar-refractivity contribution in [3.63, 3.8) is 0 Å². The molecule has 0 amide bonds. The molecule has 0 bridgehead atoms. The molecule has 2 rings (SSSR count). The first-order valence-electron chi connectivity index (χ1n) is 5.99. The molecule has 0 spiro atoms. The van der Waals surface area contributed by atoms with Crippen molar-refractivity contribution in [3.8, 4) is 12.3 Å². The van der Waals surface area contributed by atoms with E-state index in [0.29, 0.717) is 18.9 Å². The molecule has 0 saturated heterocycles. The molecule has 1 aromatic carbocycles. The summed E-state index contributed by atoms with van der Waals surface area (Å²) < 4.78 is 0. The number of carboxylic acids is 1. The summed E-state index contributed by atoms with van der Waals surface area (Å²) in [5.41, 5.74) is 0.0316. The van der Waals surface area contributed by atoms with Crippen molar-refractivity contribution in [2.24, 2.45) is 0 Å². The first kappa shape index (κ1) is 12.9. The highest BCUT2D eigenvalue weighted by atomic mass is 16.4. The average Bonchev–Trinajstić information content (AvgIpc) is 2.43. The summed E-state index contributed by atoms with van der Waals surface area (Å²) >= 11 is 0. The van der Waals surface area contributed by atoms with Crippen LogP contribution in [-0.2, 0) is 0 Å². The van der Waals surface area contributed by atoms with Crippen molar-refractivity contribution in [2.45, 2.75) is 6.92 Å². The van der Waals surface area contributed by atoms with E-state index in [9.17, 15) is 4.79 Å². The van der Waals surface area contributed by atoms with Gasteiger partial charge in [0.15, 0.2) is 5.69 Å². The molecule has 0 radical (unpaired) electrons. The first-order chi connectivity index (χ1) is 9.17. The van der Waals surface area contributed by atoms with E-state index in [1.807, 2.05) is 36.1 Å². The Morgan fingerprint density at radius 1 is 1.47 bits per heavy atom. The third kappa shape index (κ3) is 2.50. The quantitative estimate of drug-likeness (QED) is 0.851. The number of hydrogen-bond donors (Lipinski definition) is 1. The van der Waals surface area contributed by atoms with Crippen LogP contribution in [0, 0.1) is 12.3 Å². The van der Waals surface area contributed by atoms with Crippen molar-refractivity contribution in [1.82, 2.24) is 4.98 Å². The number of aromatic nitrogens is 1. The van der Waals surface area contributed by atoms with E-state index in [4.69, 9.17) is 11.5 Å². The van der Waals surface area contributed by atoms with E-state index in [1.165, 1.54) is 0 Å². The van der Waals surface area contributed by atoms with Gasteiger partial charge in [0.05, 0.1) is 6.54 Å². The molecule has 1 aromatic heterocycles. The maximum atomic E-state index is 11.1. The molecule has 0 saturated carbocycles. The number of rotatable bonds is 4. The number of nitrogens with zero attached hydrogens (tertiary/aromatic N) is 2. The van der Waals surface area contributed by atoms with Gasteiger partial charge in [0.2, 0.25) is 0 Å². The number of hydrogen-bond acceptors (Lipinski definition) is 3. The molecular formula is C15H14N2O2. The van der Waals surface area contributed by atoms with E-state index < -0.39 is 5.97 Å². The van der Waals surface area contributed by atoms with Gasteiger partial charge < -0.3 is 10.0 Å².